The number of nitrogens with zero attached hydrogens (tertiary/aromatic N) is 1. The van der Waals surface area contributed by atoms with Crippen LogP contribution >= 0.6 is 0 Å². The fourth-order valence-corrected chi connectivity index (χ4v) is 4.23. The summed E-state index contributed by atoms with van der Waals surface area (Å²) < 4.78 is 24.4. The molecule has 0 saturated carbocycles. The number of carbonyl (C=O) groups excluding carboxylic acids is 1. The monoisotopic (exact) mass is 365 g/mol. The molecule has 2 unspecified atom stereocenters. The molecule has 2 bridgehead atoms. The van der Waals surface area contributed by atoms with Gasteiger partial charge in [0.05, 0.1) is 12.7 Å². The van der Waals surface area contributed by atoms with Gasteiger partial charge in [0.25, 0.3) is 0 Å². The summed E-state index contributed by atoms with van der Waals surface area (Å²) in [6, 6.07) is 4.32. The summed E-state index contributed by atoms with van der Waals surface area (Å²) in [4.78, 5) is 14.5. The Morgan fingerprint density at radius 1 is 1.27 bits per heavy atom. The summed E-state index contributed by atoms with van der Waals surface area (Å²) in [5, 5.41) is 11.3. The molecule has 144 valence electrons. The predicted molar refractivity (Wildman–Crippen MR) is 95.6 cm³/mol. The van der Waals surface area contributed by atoms with Gasteiger partial charge in [-0.3, -0.25) is 0 Å². The van der Waals surface area contributed by atoms with Crippen molar-refractivity contribution in [3.8, 4) is 5.75 Å². The number of hydrogen-bond acceptors (Lipinski definition) is 4. The van der Waals surface area contributed by atoms with Crippen LogP contribution in [0.1, 0.15) is 58.4 Å². The van der Waals surface area contributed by atoms with Crippen LogP contribution in [-0.2, 0) is 10.3 Å². The van der Waals surface area contributed by atoms with Crippen molar-refractivity contribution >= 4 is 6.09 Å². The van der Waals surface area contributed by atoms with Crippen LogP contribution in [0.15, 0.2) is 18.2 Å². The number of aliphatic hydroxyl groups is 1. The Morgan fingerprint density at radius 3 is 2.42 bits per heavy atom. The summed E-state index contributed by atoms with van der Waals surface area (Å²) in [5.41, 5.74) is -1.02. The van der Waals surface area contributed by atoms with Gasteiger partial charge in [-0.1, -0.05) is 6.07 Å². The van der Waals surface area contributed by atoms with E-state index in [1.165, 1.54) is 13.2 Å². The number of hydrogen-bond donors (Lipinski definition) is 1. The van der Waals surface area contributed by atoms with Crippen LogP contribution in [0, 0.1) is 5.82 Å². The van der Waals surface area contributed by atoms with Crippen molar-refractivity contribution in [3.63, 3.8) is 0 Å². The maximum atomic E-state index is 13.7. The molecule has 0 spiro atoms. The number of halogens is 1. The molecule has 6 heteroatoms. The Kier molecular flexibility index (Phi) is 4.90. The second-order valence-electron chi connectivity index (χ2n) is 8.42. The largest absolute Gasteiger partial charge is 0.494 e. The molecule has 26 heavy (non-hydrogen) atoms. The van der Waals surface area contributed by atoms with Crippen molar-refractivity contribution in [2.45, 2.75) is 76.2 Å². The highest BCUT2D eigenvalue weighted by Crippen LogP contribution is 2.45. The minimum absolute atomic E-state index is 0.0848. The standard InChI is InChI=1S/C20H28FNO4/c1-19(2,3)26-18(23)22-14-6-5-7-15(22)12-20(24,11-14)13-8-9-16(21)17(10-13)25-4/h8-10,14-15,24H,5-7,11-12H2,1-4H3. The number of benzene rings is 1. The molecule has 5 nitrogen and oxygen atoms in total. The van der Waals surface area contributed by atoms with E-state index in [-0.39, 0.29) is 23.9 Å². The molecule has 2 heterocycles. The van der Waals surface area contributed by atoms with Crippen LogP contribution in [0.4, 0.5) is 9.18 Å². The van der Waals surface area contributed by atoms with Crippen molar-refractivity contribution in [1.29, 1.82) is 0 Å². The van der Waals surface area contributed by atoms with E-state index in [0.717, 1.165) is 19.3 Å². The van der Waals surface area contributed by atoms with Gasteiger partial charge in [-0.25, -0.2) is 9.18 Å². The lowest BCUT2D eigenvalue weighted by Gasteiger charge is -2.51. The predicted octanol–water partition coefficient (Wildman–Crippen LogP) is 3.97. The maximum Gasteiger partial charge on any atom is 0.410 e. The molecule has 0 radical (unpaired) electrons. The van der Waals surface area contributed by atoms with Gasteiger partial charge in [0.15, 0.2) is 11.6 Å². The zero-order valence-electron chi connectivity index (χ0n) is 15.9. The molecule has 0 aromatic heterocycles. The van der Waals surface area contributed by atoms with Crippen molar-refractivity contribution in [2.75, 3.05) is 7.11 Å². The summed E-state index contributed by atoms with van der Waals surface area (Å²) >= 11 is 0. The number of amides is 1. The highest BCUT2D eigenvalue weighted by molar-refractivity contribution is 5.69. The second kappa shape index (κ2) is 6.72. The van der Waals surface area contributed by atoms with Crippen LogP contribution in [0.25, 0.3) is 0 Å². The summed E-state index contributed by atoms with van der Waals surface area (Å²) in [7, 11) is 1.41. The van der Waals surface area contributed by atoms with Crippen LogP contribution in [-0.4, -0.2) is 40.9 Å². The highest BCUT2D eigenvalue weighted by Gasteiger charge is 2.49. The molecule has 2 atom stereocenters. The van der Waals surface area contributed by atoms with Gasteiger partial charge in [0.2, 0.25) is 0 Å². The van der Waals surface area contributed by atoms with E-state index in [0.29, 0.717) is 18.4 Å². The average Bonchev–Trinajstić information content (AvgIpc) is 2.52. The zero-order chi connectivity index (χ0) is 19.1. The third-order valence-electron chi connectivity index (χ3n) is 5.30. The van der Waals surface area contributed by atoms with Crippen molar-refractivity contribution in [2.24, 2.45) is 0 Å². The summed E-state index contributed by atoms with van der Waals surface area (Å²) in [5.74, 6) is -0.332. The molecule has 2 saturated heterocycles. The molecule has 1 amide bonds. The second-order valence-corrected chi connectivity index (χ2v) is 8.42. The van der Waals surface area contributed by atoms with Gasteiger partial charge in [0.1, 0.15) is 5.60 Å². The Morgan fingerprint density at radius 2 is 1.88 bits per heavy atom. The fraction of sp³-hybridized carbons (Fsp3) is 0.650. The molecule has 3 rings (SSSR count). The van der Waals surface area contributed by atoms with Gasteiger partial charge in [-0.15, -0.1) is 0 Å². The first-order valence-electron chi connectivity index (χ1n) is 9.21. The Bertz CT molecular complexity index is 671. The van der Waals surface area contributed by atoms with E-state index in [1.54, 1.807) is 12.1 Å². The highest BCUT2D eigenvalue weighted by atomic mass is 19.1. The van der Waals surface area contributed by atoms with E-state index in [1.807, 2.05) is 25.7 Å². The van der Waals surface area contributed by atoms with Gasteiger partial charge >= 0.3 is 6.09 Å². The quantitative estimate of drug-likeness (QED) is 0.861. The maximum absolute atomic E-state index is 13.7. The molecule has 1 aromatic rings. The molecule has 2 aliphatic rings. The Labute approximate surface area is 154 Å². The smallest absolute Gasteiger partial charge is 0.410 e. The summed E-state index contributed by atoms with van der Waals surface area (Å²) in [6.07, 6.45) is 3.20. The first-order valence-corrected chi connectivity index (χ1v) is 9.21. The molecule has 1 aromatic carbocycles. The summed E-state index contributed by atoms with van der Waals surface area (Å²) in [6.45, 7) is 5.56. The van der Waals surface area contributed by atoms with Crippen molar-refractivity contribution in [1.82, 2.24) is 4.90 Å². The van der Waals surface area contributed by atoms with Gasteiger partial charge in [-0.2, -0.15) is 0 Å². The number of rotatable bonds is 2. The first-order chi connectivity index (χ1) is 12.1. The van der Waals surface area contributed by atoms with Crippen LogP contribution in [0.5, 0.6) is 5.75 Å². The van der Waals surface area contributed by atoms with Gasteiger partial charge in [-0.05, 0) is 57.7 Å². The third kappa shape index (κ3) is 3.65. The van der Waals surface area contributed by atoms with E-state index < -0.39 is 17.0 Å². The molecule has 2 fully saturated rings. The van der Waals surface area contributed by atoms with E-state index in [2.05, 4.69) is 0 Å². The van der Waals surface area contributed by atoms with E-state index in [4.69, 9.17) is 9.47 Å². The number of fused-ring (bicyclic) bond motifs is 2. The lowest BCUT2D eigenvalue weighted by molar-refractivity contribution is -0.0966. The zero-order valence-corrected chi connectivity index (χ0v) is 15.9. The average molecular weight is 365 g/mol. The van der Waals surface area contributed by atoms with Crippen molar-refractivity contribution < 1.29 is 23.8 Å². The number of ether oxygens (including phenoxy) is 2. The minimum atomic E-state index is -1.10. The molecule has 0 aliphatic carbocycles. The normalized spacial score (nSPS) is 28.6. The SMILES string of the molecule is COc1cc(C2(O)CC3CCCC(C2)N3C(=O)OC(C)(C)C)ccc1F. The van der Waals surface area contributed by atoms with Gasteiger partial charge < -0.3 is 19.5 Å². The first kappa shape index (κ1) is 19.0. The number of methoxy groups -OCH3 is 1. The molecular formula is C20H28FNO4. The van der Waals surface area contributed by atoms with E-state index >= 15 is 0 Å². The Hall–Kier alpha value is -1.82. The molecule has 1 N–H and O–H groups in total. The topological polar surface area (TPSA) is 59.0 Å². The minimum Gasteiger partial charge on any atom is -0.494 e. The fourth-order valence-electron chi connectivity index (χ4n) is 4.23. The van der Waals surface area contributed by atoms with Crippen LogP contribution in [0.3, 0.4) is 0 Å². The molecular weight excluding hydrogens is 337 g/mol. The number of carbonyl (C=O) groups is 1. The third-order valence-corrected chi connectivity index (χ3v) is 5.30. The molecule has 2 aliphatic heterocycles. The van der Waals surface area contributed by atoms with E-state index in [9.17, 15) is 14.3 Å². The van der Waals surface area contributed by atoms with Crippen LogP contribution in [0.2, 0.25) is 0 Å². The lowest BCUT2D eigenvalue weighted by Crippen LogP contribution is -2.59. The lowest BCUT2D eigenvalue weighted by atomic mass is 9.72. The van der Waals surface area contributed by atoms with Crippen LogP contribution < -0.4 is 4.74 Å². The number of piperidine rings is 2. The van der Waals surface area contributed by atoms with Gasteiger partial charge in [0, 0.05) is 24.9 Å². The van der Waals surface area contributed by atoms with Crippen molar-refractivity contribution in [3.05, 3.63) is 29.6 Å². The Balaban J connectivity index is 1.86.